The SMILES string of the molecule is CC.CC.CCCCCC1C(O)CC(=O)C1CCCCCCC(=O)OC1O[C@H](C(=O)O)[C@@H](O)[C@H](O)[C@H]1O. The van der Waals surface area contributed by atoms with Crippen molar-refractivity contribution < 1.29 is 49.4 Å². The topological polar surface area (TPSA) is 171 Å². The van der Waals surface area contributed by atoms with Gasteiger partial charge in [-0.3, -0.25) is 9.59 Å². The van der Waals surface area contributed by atoms with Crippen molar-refractivity contribution in [2.45, 2.75) is 142 Å². The van der Waals surface area contributed by atoms with Gasteiger partial charge in [-0.15, -0.1) is 0 Å². The minimum atomic E-state index is -1.84. The highest BCUT2D eigenvalue weighted by atomic mass is 16.7. The molecule has 37 heavy (non-hydrogen) atoms. The molecule has 0 aromatic rings. The Bertz CT molecular complexity index is 655. The van der Waals surface area contributed by atoms with Crippen LogP contribution in [0.4, 0.5) is 0 Å². The van der Waals surface area contributed by atoms with Gasteiger partial charge in [0.15, 0.2) is 6.10 Å². The van der Waals surface area contributed by atoms with Crippen molar-refractivity contribution in [2.24, 2.45) is 11.8 Å². The van der Waals surface area contributed by atoms with Gasteiger partial charge in [-0.25, -0.2) is 4.79 Å². The summed E-state index contributed by atoms with van der Waals surface area (Å²) >= 11 is 0. The predicted molar refractivity (Wildman–Crippen MR) is 138 cm³/mol. The van der Waals surface area contributed by atoms with E-state index in [1.807, 2.05) is 27.7 Å². The zero-order chi connectivity index (χ0) is 28.5. The van der Waals surface area contributed by atoms with E-state index < -0.39 is 48.7 Å². The average molecular weight is 535 g/mol. The molecule has 10 heteroatoms. The summed E-state index contributed by atoms with van der Waals surface area (Å²) in [7, 11) is 0. The number of ether oxygens (including phenoxy) is 2. The molecular weight excluding hydrogens is 484 g/mol. The Hall–Kier alpha value is -1.59. The molecule has 0 bridgehead atoms. The van der Waals surface area contributed by atoms with E-state index in [0.717, 1.165) is 44.9 Å². The lowest BCUT2D eigenvalue weighted by Crippen LogP contribution is -2.60. The first kappa shape index (κ1) is 35.4. The van der Waals surface area contributed by atoms with Crippen molar-refractivity contribution >= 4 is 17.7 Å². The van der Waals surface area contributed by atoms with Crippen LogP contribution >= 0.6 is 0 Å². The number of aliphatic hydroxyl groups is 4. The van der Waals surface area contributed by atoms with Crippen molar-refractivity contribution in [3.05, 3.63) is 0 Å². The normalized spacial score (nSPS) is 31.0. The number of carboxylic acids is 1. The van der Waals surface area contributed by atoms with Crippen LogP contribution in [0.1, 0.15) is 105 Å². The summed E-state index contributed by atoms with van der Waals surface area (Å²) in [6.45, 7) is 10.1. The Labute approximate surface area is 221 Å². The maximum atomic E-state index is 12.2. The number of aliphatic carboxylic acids is 1. The molecule has 0 amide bonds. The summed E-state index contributed by atoms with van der Waals surface area (Å²) in [6.07, 6.45) is -1.53. The fraction of sp³-hybridized carbons (Fsp3) is 0.889. The number of rotatable bonds is 13. The number of esters is 1. The summed E-state index contributed by atoms with van der Waals surface area (Å²) in [5, 5.41) is 48.5. The van der Waals surface area contributed by atoms with Gasteiger partial charge in [0.2, 0.25) is 6.29 Å². The third-order valence-electron chi connectivity index (χ3n) is 6.68. The van der Waals surface area contributed by atoms with E-state index in [2.05, 4.69) is 6.92 Å². The van der Waals surface area contributed by atoms with E-state index in [1.165, 1.54) is 0 Å². The second-order valence-corrected chi connectivity index (χ2v) is 9.18. The molecule has 218 valence electrons. The number of carbonyl (C=O) groups is 3. The Morgan fingerprint density at radius 2 is 1.46 bits per heavy atom. The molecule has 5 N–H and O–H groups in total. The highest BCUT2D eigenvalue weighted by Crippen LogP contribution is 2.36. The number of ketones is 1. The lowest BCUT2D eigenvalue weighted by atomic mass is 9.85. The zero-order valence-corrected chi connectivity index (χ0v) is 23.2. The van der Waals surface area contributed by atoms with E-state index in [9.17, 15) is 34.8 Å². The molecule has 0 spiro atoms. The minimum Gasteiger partial charge on any atom is -0.479 e. The van der Waals surface area contributed by atoms with Crippen molar-refractivity contribution in [1.29, 1.82) is 0 Å². The number of carboxylic acid groups (broad SMARTS) is 1. The minimum absolute atomic E-state index is 0.0175. The lowest BCUT2D eigenvalue weighted by Gasteiger charge is -2.37. The van der Waals surface area contributed by atoms with Crippen LogP contribution in [0.2, 0.25) is 0 Å². The van der Waals surface area contributed by atoms with Gasteiger partial charge in [-0.2, -0.15) is 0 Å². The Morgan fingerprint density at radius 1 is 0.865 bits per heavy atom. The Morgan fingerprint density at radius 3 is 2.05 bits per heavy atom. The number of hydrogen-bond acceptors (Lipinski definition) is 9. The largest absolute Gasteiger partial charge is 0.479 e. The van der Waals surface area contributed by atoms with Gasteiger partial charge in [0.1, 0.15) is 24.1 Å². The maximum absolute atomic E-state index is 12.2. The Balaban J connectivity index is 0.00000308. The summed E-state index contributed by atoms with van der Waals surface area (Å²) in [5.74, 6) is -2.15. The van der Waals surface area contributed by atoms with Gasteiger partial charge in [0.25, 0.3) is 0 Å². The van der Waals surface area contributed by atoms with Gasteiger partial charge in [-0.1, -0.05) is 73.1 Å². The highest BCUT2D eigenvalue weighted by Gasteiger charge is 2.48. The molecule has 8 atom stereocenters. The predicted octanol–water partition coefficient (Wildman–Crippen LogP) is 2.96. The van der Waals surface area contributed by atoms with E-state index in [1.54, 1.807) is 0 Å². The number of hydrogen-bond donors (Lipinski definition) is 5. The molecular formula is C27H50O10. The second-order valence-electron chi connectivity index (χ2n) is 9.18. The molecule has 1 saturated carbocycles. The third kappa shape index (κ3) is 11.4. The summed E-state index contributed by atoms with van der Waals surface area (Å²) < 4.78 is 9.88. The summed E-state index contributed by atoms with van der Waals surface area (Å²) in [5.41, 5.74) is 0. The van der Waals surface area contributed by atoms with Gasteiger partial charge in [-0.05, 0) is 25.2 Å². The van der Waals surface area contributed by atoms with Crippen LogP contribution in [0.3, 0.4) is 0 Å². The molecule has 2 rings (SSSR count). The van der Waals surface area contributed by atoms with Crippen LogP contribution in [0.25, 0.3) is 0 Å². The molecule has 1 heterocycles. The van der Waals surface area contributed by atoms with Crippen molar-refractivity contribution in [3.63, 3.8) is 0 Å². The van der Waals surface area contributed by atoms with Crippen LogP contribution in [-0.4, -0.2) is 80.1 Å². The van der Waals surface area contributed by atoms with Gasteiger partial charge < -0.3 is 35.0 Å². The standard InChI is InChI=1S/C23H38O10.2C2H6/c1-2-3-6-9-13-14(16(25)12-15(13)24)10-7-4-5-8-11-17(26)32-23-20(29)18(27)19(28)21(33-23)22(30)31;2*1-2/h13-15,18-21,23-24,27-29H,2-12H2,1H3,(H,30,31);2*1-2H3/t13?,14?,15?,18-,19-,20+,21-,23?;;/m0../s1. The number of unbranched alkanes of at least 4 members (excludes halogenated alkanes) is 5. The molecule has 1 aliphatic carbocycles. The Kier molecular flexibility index (Phi) is 18.6. The van der Waals surface area contributed by atoms with Gasteiger partial charge in [0, 0.05) is 18.8 Å². The number of carbonyl (C=O) groups excluding carboxylic acids is 2. The molecule has 4 unspecified atom stereocenters. The monoisotopic (exact) mass is 534 g/mol. The highest BCUT2D eigenvalue weighted by molar-refractivity contribution is 5.84. The van der Waals surface area contributed by atoms with Crippen molar-refractivity contribution in [2.75, 3.05) is 0 Å². The zero-order valence-electron chi connectivity index (χ0n) is 23.2. The van der Waals surface area contributed by atoms with E-state index >= 15 is 0 Å². The fourth-order valence-corrected chi connectivity index (χ4v) is 4.74. The molecule has 0 aromatic heterocycles. The molecule has 2 fully saturated rings. The molecule has 10 nitrogen and oxygen atoms in total. The van der Waals surface area contributed by atoms with Crippen LogP contribution < -0.4 is 0 Å². The van der Waals surface area contributed by atoms with Crippen LogP contribution in [-0.2, 0) is 23.9 Å². The quantitative estimate of drug-likeness (QED) is 0.175. The lowest BCUT2D eigenvalue weighted by molar-refractivity contribution is -0.286. The van der Waals surface area contributed by atoms with Gasteiger partial charge in [0.05, 0.1) is 6.10 Å². The van der Waals surface area contributed by atoms with Crippen molar-refractivity contribution in [1.82, 2.24) is 0 Å². The average Bonchev–Trinajstić information content (AvgIpc) is 3.15. The van der Waals surface area contributed by atoms with Crippen LogP contribution in [0.5, 0.6) is 0 Å². The second kappa shape index (κ2) is 19.5. The number of aliphatic hydroxyl groups excluding tert-OH is 4. The van der Waals surface area contributed by atoms with E-state index in [0.29, 0.717) is 12.8 Å². The first-order valence-corrected chi connectivity index (χ1v) is 14.0. The van der Waals surface area contributed by atoms with Crippen molar-refractivity contribution in [3.8, 4) is 0 Å². The van der Waals surface area contributed by atoms with Crippen LogP contribution in [0.15, 0.2) is 0 Å². The molecule has 0 aromatic carbocycles. The van der Waals surface area contributed by atoms with E-state index in [4.69, 9.17) is 14.6 Å². The molecule has 1 aliphatic heterocycles. The first-order chi connectivity index (χ1) is 17.7. The number of Topliss-reactive ketones (excluding diaryl/α,β-unsaturated/α-hetero) is 1. The third-order valence-corrected chi connectivity index (χ3v) is 6.68. The van der Waals surface area contributed by atoms with Gasteiger partial charge >= 0.3 is 11.9 Å². The smallest absolute Gasteiger partial charge is 0.335 e. The van der Waals surface area contributed by atoms with Crippen LogP contribution in [0, 0.1) is 11.8 Å². The molecule has 1 saturated heterocycles. The first-order valence-electron chi connectivity index (χ1n) is 14.0. The van der Waals surface area contributed by atoms with E-state index in [-0.39, 0.29) is 30.5 Å². The fourth-order valence-electron chi connectivity index (χ4n) is 4.74. The summed E-state index contributed by atoms with van der Waals surface area (Å²) in [6, 6.07) is 0. The maximum Gasteiger partial charge on any atom is 0.335 e. The molecule has 0 radical (unpaired) electrons. The molecule has 2 aliphatic rings. The summed E-state index contributed by atoms with van der Waals surface area (Å²) in [4.78, 5) is 35.4.